The van der Waals surface area contributed by atoms with Crippen LogP contribution in [0.2, 0.25) is 0 Å². The van der Waals surface area contributed by atoms with Gasteiger partial charge in [0, 0.05) is 24.7 Å². The highest BCUT2D eigenvalue weighted by Gasteiger charge is 2.07. The second-order valence-electron chi connectivity index (χ2n) is 3.22. The topological polar surface area (TPSA) is 43.4 Å². The molecular weight excluding hydrogens is 224 g/mol. The molecule has 0 atom stereocenters. The minimum Gasteiger partial charge on any atom is -0.426 e. The van der Waals surface area contributed by atoms with Gasteiger partial charge in [-0.25, -0.2) is 0 Å². The Morgan fingerprint density at radius 3 is 2.62 bits per heavy atom. The second-order valence-corrected chi connectivity index (χ2v) is 4.37. The van der Waals surface area contributed by atoms with E-state index in [1.54, 1.807) is 19.1 Å². The van der Waals surface area contributed by atoms with Crippen LogP contribution in [-0.4, -0.2) is 11.1 Å². The highest BCUT2D eigenvalue weighted by molar-refractivity contribution is 8.12. The Kier molecular flexibility index (Phi) is 5.05. The Hall–Kier alpha value is -1.29. The zero-order chi connectivity index (χ0) is 12.0. The molecule has 0 aliphatic heterocycles. The smallest absolute Gasteiger partial charge is 0.310 e. The summed E-state index contributed by atoms with van der Waals surface area (Å²) in [5.74, 6) is 0.811. The van der Waals surface area contributed by atoms with E-state index in [4.69, 9.17) is 4.74 Å². The van der Waals surface area contributed by atoms with Crippen molar-refractivity contribution in [3.8, 4) is 5.75 Å². The van der Waals surface area contributed by atoms with E-state index in [1.807, 2.05) is 12.1 Å². The maximum Gasteiger partial charge on any atom is 0.310 e. The number of thioether (sulfide) groups is 1. The number of ether oxygens (including phenoxy) is 1. The second kappa shape index (κ2) is 6.33. The van der Waals surface area contributed by atoms with E-state index in [1.165, 1.54) is 18.7 Å². The van der Waals surface area contributed by atoms with Crippen molar-refractivity contribution >= 4 is 22.8 Å². The van der Waals surface area contributed by atoms with E-state index < -0.39 is 0 Å². The fourth-order valence-electron chi connectivity index (χ4n) is 1.10. The Morgan fingerprint density at radius 2 is 2.00 bits per heavy atom. The van der Waals surface area contributed by atoms with Crippen LogP contribution in [0.3, 0.4) is 0 Å². The molecule has 86 valence electrons. The van der Waals surface area contributed by atoms with Crippen LogP contribution < -0.4 is 4.74 Å². The normalized spacial score (nSPS) is 9.88. The molecule has 1 aromatic carbocycles. The summed E-state index contributed by atoms with van der Waals surface area (Å²) in [7, 11) is 0. The quantitative estimate of drug-likeness (QED) is 0.597. The molecular formula is C12H14O3S. The maximum atomic E-state index is 11.2. The minimum atomic E-state index is -0.264. The third-order valence-corrected chi connectivity index (χ3v) is 2.78. The molecule has 0 saturated heterocycles. The molecule has 0 radical (unpaired) electrons. The molecule has 0 saturated carbocycles. The summed E-state index contributed by atoms with van der Waals surface area (Å²) in [5, 5.41) is 0.0524. The number of rotatable bonds is 4. The molecule has 0 aromatic heterocycles. The molecule has 16 heavy (non-hydrogen) atoms. The highest BCUT2D eigenvalue weighted by Crippen LogP contribution is 2.23. The Balaban J connectivity index is 2.74. The van der Waals surface area contributed by atoms with Gasteiger partial charge in [0.2, 0.25) is 0 Å². The number of hydrogen-bond donors (Lipinski definition) is 0. The Bertz CT molecular complexity index is 388. The fraction of sp³-hybridized carbons (Fsp3) is 0.333. The standard InChI is InChI=1S/C12H14O3S/c1-3-12(14)15-11-7-5-4-6-10(11)8-16-9(2)13/h4-7H,3,8H2,1-2H3. The lowest BCUT2D eigenvalue weighted by Gasteiger charge is -2.08. The number of carbonyl (C=O) groups excluding carboxylic acids is 2. The van der Waals surface area contributed by atoms with E-state index in [0.29, 0.717) is 17.9 Å². The van der Waals surface area contributed by atoms with Gasteiger partial charge in [-0.15, -0.1) is 0 Å². The van der Waals surface area contributed by atoms with Gasteiger partial charge in [0.05, 0.1) is 0 Å². The summed E-state index contributed by atoms with van der Waals surface area (Å²) in [6.07, 6.45) is 0.341. The summed E-state index contributed by atoms with van der Waals surface area (Å²) in [4.78, 5) is 22.0. The van der Waals surface area contributed by atoms with Crippen LogP contribution >= 0.6 is 11.8 Å². The molecule has 0 N–H and O–H groups in total. The third kappa shape index (κ3) is 4.06. The summed E-state index contributed by atoms with van der Waals surface area (Å²) < 4.78 is 5.16. The molecule has 4 heteroatoms. The van der Waals surface area contributed by atoms with Crippen LogP contribution in [0.4, 0.5) is 0 Å². The largest absolute Gasteiger partial charge is 0.426 e. The van der Waals surface area contributed by atoms with Crippen molar-refractivity contribution in [3.05, 3.63) is 29.8 Å². The molecule has 3 nitrogen and oxygen atoms in total. The predicted octanol–water partition coefficient (Wildman–Crippen LogP) is 2.78. The number of carbonyl (C=O) groups is 2. The van der Waals surface area contributed by atoms with E-state index in [-0.39, 0.29) is 11.1 Å². The van der Waals surface area contributed by atoms with Crippen molar-refractivity contribution in [2.45, 2.75) is 26.0 Å². The first-order chi connectivity index (χ1) is 7.63. The lowest BCUT2D eigenvalue weighted by atomic mass is 10.2. The van der Waals surface area contributed by atoms with E-state index in [9.17, 15) is 9.59 Å². The molecule has 0 unspecified atom stereocenters. The van der Waals surface area contributed by atoms with Gasteiger partial charge in [0.1, 0.15) is 5.75 Å². The number of benzene rings is 1. The first kappa shape index (κ1) is 12.8. The van der Waals surface area contributed by atoms with E-state index >= 15 is 0 Å². The van der Waals surface area contributed by atoms with Crippen LogP contribution in [0.15, 0.2) is 24.3 Å². The highest BCUT2D eigenvalue weighted by atomic mass is 32.2. The van der Waals surface area contributed by atoms with Crippen molar-refractivity contribution < 1.29 is 14.3 Å². The van der Waals surface area contributed by atoms with Gasteiger partial charge >= 0.3 is 5.97 Å². The van der Waals surface area contributed by atoms with Gasteiger partial charge in [-0.3, -0.25) is 9.59 Å². The monoisotopic (exact) mass is 238 g/mol. The van der Waals surface area contributed by atoms with Crippen molar-refractivity contribution in [1.29, 1.82) is 0 Å². The average molecular weight is 238 g/mol. The van der Waals surface area contributed by atoms with Crippen LogP contribution in [-0.2, 0) is 15.3 Å². The molecule has 0 amide bonds. The third-order valence-electron chi connectivity index (χ3n) is 1.92. The first-order valence-corrected chi connectivity index (χ1v) is 6.04. The first-order valence-electron chi connectivity index (χ1n) is 5.05. The molecule has 0 fully saturated rings. The Morgan fingerprint density at radius 1 is 1.31 bits per heavy atom. The van der Waals surface area contributed by atoms with Crippen LogP contribution in [0, 0.1) is 0 Å². The summed E-state index contributed by atoms with van der Waals surface area (Å²) in [6.45, 7) is 3.26. The summed E-state index contributed by atoms with van der Waals surface area (Å²) in [6, 6.07) is 7.26. The molecule has 0 bridgehead atoms. The maximum absolute atomic E-state index is 11.2. The van der Waals surface area contributed by atoms with E-state index in [2.05, 4.69) is 0 Å². The van der Waals surface area contributed by atoms with Gasteiger partial charge in [0.15, 0.2) is 5.12 Å². The Labute approximate surface area is 99.2 Å². The van der Waals surface area contributed by atoms with E-state index in [0.717, 1.165) is 5.56 Å². The lowest BCUT2D eigenvalue weighted by molar-refractivity contribution is -0.134. The zero-order valence-corrected chi connectivity index (χ0v) is 10.2. The lowest BCUT2D eigenvalue weighted by Crippen LogP contribution is -2.07. The SMILES string of the molecule is CCC(=O)Oc1ccccc1CSC(C)=O. The molecule has 0 aliphatic carbocycles. The van der Waals surface area contributed by atoms with Gasteiger partial charge in [-0.1, -0.05) is 36.9 Å². The summed E-state index contributed by atoms with van der Waals surface area (Å²) >= 11 is 1.20. The number of para-hydroxylation sites is 1. The predicted molar refractivity (Wildman–Crippen MR) is 64.3 cm³/mol. The zero-order valence-electron chi connectivity index (χ0n) is 9.36. The van der Waals surface area contributed by atoms with Crippen LogP contribution in [0.25, 0.3) is 0 Å². The fourth-order valence-corrected chi connectivity index (χ4v) is 1.69. The van der Waals surface area contributed by atoms with Crippen molar-refractivity contribution in [2.24, 2.45) is 0 Å². The number of hydrogen-bond acceptors (Lipinski definition) is 4. The molecule has 1 aromatic rings. The summed E-state index contributed by atoms with van der Waals surface area (Å²) in [5.41, 5.74) is 0.865. The molecule has 0 aliphatic rings. The van der Waals surface area contributed by atoms with Crippen LogP contribution in [0.5, 0.6) is 5.75 Å². The van der Waals surface area contributed by atoms with Crippen molar-refractivity contribution in [2.75, 3.05) is 0 Å². The van der Waals surface area contributed by atoms with Crippen molar-refractivity contribution in [1.82, 2.24) is 0 Å². The minimum absolute atomic E-state index is 0.0524. The molecule has 1 rings (SSSR count). The van der Waals surface area contributed by atoms with Gasteiger partial charge < -0.3 is 4.74 Å². The number of esters is 1. The van der Waals surface area contributed by atoms with Gasteiger partial charge in [-0.2, -0.15) is 0 Å². The average Bonchev–Trinajstić information content (AvgIpc) is 2.27. The van der Waals surface area contributed by atoms with Crippen molar-refractivity contribution in [3.63, 3.8) is 0 Å². The molecule has 0 spiro atoms. The van der Waals surface area contributed by atoms with Gasteiger partial charge in [0.25, 0.3) is 0 Å². The molecule has 0 heterocycles. The van der Waals surface area contributed by atoms with Crippen LogP contribution in [0.1, 0.15) is 25.8 Å². The van der Waals surface area contributed by atoms with Gasteiger partial charge in [-0.05, 0) is 6.07 Å².